The highest BCUT2D eigenvalue weighted by Crippen LogP contribution is 2.27. The van der Waals surface area contributed by atoms with Crippen molar-refractivity contribution < 1.29 is 19.1 Å². The first-order valence-corrected chi connectivity index (χ1v) is 10.3. The molecule has 2 N–H and O–H groups in total. The van der Waals surface area contributed by atoms with Crippen molar-refractivity contribution in [1.29, 1.82) is 0 Å². The molecule has 0 radical (unpaired) electrons. The molecular formula is C21H26N2O4S. The first-order chi connectivity index (χ1) is 13.2. The van der Waals surface area contributed by atoms with Crippen LogP contribution in [0.1, 0.15) is 44.5 Å². The Morgan fingerprint density at radius 3 is 2.68 bits per heavy atom. The van der Waals surface area contributed by atoms with Gasteiger partial charge in [-0.05, 0) is 25.3 Å². The lowest BCUT2D eigenvalue weighted by Crippen LogP contribution is -2.56. The van der Waals surface area contributed by atoms with E-state index in [1.54, 1.807) is 13.8 Å². The summed E-state index contributed by atoms with van der Waals surface area (Å²) in [5, 5.41) is 8.40. The fourth-order valence-corrected chi connectivity index (χ4v) is 4.29. The van der Waals surface area contributed by atoms with E-state index in [2.05, 4.69) is 10.6 Å². The molecule has 1 saturated heterocycles. The second-order valence-corrected chi connectivity index (χ2v) is 8.79. The molecule has 7 heteroatoms. The topological polar surface area (TPSA) is 84.5 Å². The monoisotopic (exact) mass is 402 g/mol. The molecule has 0 saturated carbocycles. The van der Waals surface area contributed by atoms with Crippen LogP contribution in [0.15, 0.2) is 29.6 Å². The van der Waals surface area contributed by atoms with E-state index in [9.17, 15) is 14.4 Å². The van der Waals surface area contributed by atoms with E-state index in [-0.39, 0.29) is 30.1 Å². The van der Waals surface area contributed by atoms with Crippen LogP contribution in [0.2, 0.25) is 0 Å². The van der Waals surface area contributed by atoms with Crippen LogP contribution < -0.4 is 10.6 Å². The number of Topliss-reactive ketones (excluding diaryl/α,β-unsaturated/α-hetero) is 1. The van der Waals surface area contributed by atoms with E-state index in [1.165, 1.54) is 11.3 Å². The zero-order chi connectivity index (χ0) is 20.5. The Kier molecular flexibility index (Phi) is 5.86. The smallest absolute Gasteiger partial charge is 0.253 e. The highest BCUT2D eigenvalue weighted by Gasteiger charge is 2.45. The molecule has 2 amide bonds. The SMILES string of the molecule is CC(C)CC(NC(=O)c1csc2ccccc12)C(=O)NC1(C)OCC(=O)C1C. The summed E-state index contributed by atoms with van der Waals surface area (Å²) < 4.78 is 6.56. The number of fused-ring (bicyclic) bond motifs is 1. The summed E-state index contributed by atoms with van der Waals surface area (Å²) in [5.41, 5.74) is -0.488. The van der Waals surface area contributed by atoms with Crippen molar-refractivity contribution in [3.8, 4) is 0 Å². The number of hydrogen-bond donors (Lipinski definition) is 2. The van der Waals surface area contributed by atoms with Crippen molar-refractivity contribution in [1.82, 2.24) is 10.6 Å². The Morgan fingerprint density at radius 1 is 1.32 bits per heavy atom. The first-order valence-electron chi connectivity index (χ1n) is 9.47. The van der Waals surface area contributed by atoms with Gasteiger partial charge < -0.3 is 15.4 Å². The van der Waals surface area contributed by atoms with Gasteiger partial charge in [-0.2, -0.15) is 0 Å². The van der Waals surface area contributed by atoms with E-state index in [0.29, 0.717) is 12.0 Å². The summed E-state index contributed by atoms with van der Waals surface area (Å²) in [6, 6.07) is 6.97. The van der Waals surface area contributed by atoms with Gasteiger partial charge in [0.15, 0.2) is 5.78 Å². The molecule has 2 aromatic rings. The summed E-state index contributed by atoms with van der Waals surface area (Å²) in [7, 11) is 0. The maximum absolute atomic E-state index is 12.9. The standard InChI is InChI=1S/C21H26N2O4S/c1-12(2)9-16(20(26)23-21(4)13(3)17(24)10-27-21)22-19(25)15-11-28-18-8-6-5-7-14(15)18/h5-8,11-13,16H,9-10H2,1-4H3,(H,22,25)(H,23,26). The number of benzene rings is 1. The van der Waals surface area contributed by atoms with Gasteiger partial charge in [0.05, 0.1) is 11.5 Å². The summed E-state index contributed by atoms with van der Waals surface area (Å²) in [4.78, 5) is 37.7. The maximum Gasteiger partial charge on any atom is 0.253 e. The number of hydrogen-bond acceptors (Lipinski definition) is 5. The van der Waals surface area contributed by atoms with Crippen molar-refractivity contribution in [3.63, 3.8) is 0 Å². The Hall–Kier alpha value is -2.25. The van der Waals surface area contributed by atoms with Crippen molar-refractivity contribution >= 4 is 39.0 Å². The highest BCUT2D eigenvalue weighted by molar-refractivity contribution is 7.17. The summed E-state index contributed by atoms with van der Waals surface area (Å²) in [5.74, 6) is -0.901. The molecule has 0 spiro atoms. The van der Waals surface area contributed by atoms with Crippen LogP contribution in [0.4, 0.5) is 0 Å². The Bertz CT molecular complexity index is 907. The van der Waals surface area contributed by atoms with Crippen LogP contribution >= 0.6 is 11.3 Å². The molecule has 6 nitrogen and oxygen atoms in total. The number of carbonyl (C=O) groups excluding carboxylic acids is 3. The van der Waals surface area contributed by atoms with Gasteiger partial charge >= 0.3 is 0 Å². The first kappa shape index (κ1) is 20.5. The average Bonchev–Trinajstić information content (AvgIpc) is 3.18. The predicted molar refractivity (Wildman–Crippen MR) is 109 cm³/mol. The third-order valence-electron chi connectivity index (χ3n) is 5.25. The molecule has 0 bridgehead atoms. The number of ketones is 1. The van der Waals surface area contributed by atoms with Gasteiger partial charge in [0, 0.05) is 15.5 Å². The minimum Gasteiger partial charge on any atom is -0.348 e. The zero-order valence-electron chi connectivity index (χ0n) is 16.6. The lowest BCUT2D eigenvalue weighted by atomic mass is 9.96. The molecule has 1 aliphatic rings. The van der Waals surface area contributed by atoms with E-state index in [0.717, 1.165) is 10.1 Å². The molecule has 3 unspecified atom stereocenters. The largest absolute Gasteiger partial charge is 0.348 e. The number of rotatable bonds is 6. The molecule has 2 heterocycles. The van der Waals surface area contributed by atoms with Crippen molar-refractivity contribution in [3.05, 3.63) is 35.2 Å². The van der Waals surface area contributed by atoms with Crippen LogP contribution in [-0.2, 0) is 14.3 Å². The van der Waals surface area contributed by atoms with Crippen LogP contribution in [0.3, 0.4) is 0 Å². The quantitative estimate of drug-likeness (QED) is 0.778. The molecule has 1 fully saturated rings. The minimum absolute atomic E-state index is 0.0138. The summed E-state index contributed by atoms with van der Waals surface area (Å²) >= 11 is 1.50. The maximum atomic E-state index is 12.9. The van der Waals surface area contributed by atoms with E-state index in [1.807, 2.05) is 43.5 Å². The second-order valence-electron chi connectivity index (χ2n) is 7.87. The highest BCUT2D eigenvalue weighted by atomic mass is 32.1. The Balaban J connectivity index is 1.77. The molecule has 0 aliphatic carbocycles. The number of thiophene rings is 1. The van der Waals surface area contributed by atoms with Gasteiger partial charge in [-0.3, -0.25) is 14.4 Å². The van der Waals surface area contributed by atoms with Gasteiger partial charge in [0.1, 0.15) is 18.4 Å². The molecule has 150 valence electrons. The fraction of sp³-hybridized carbons (Fsp3) is 0.476. The van der Waals surface area contributed by atoms with Crippen LogP contribution in [0, 0.1) is 11.8 Å². The van der Waals surface area contributed by atoms with Crippen molar-refractivity contribution in [2.24, 2.45) is 11.8 Å². The van der Waals surface area contributed by atoms with Gasteiger partial charge in [0.25, 0.3) is 5.91 Å². The van der Waals surface area contributed by atoms with Gasteiger partial charge in [-0.15, -0.1) is 11.3 Å². The van der Waals surface area contributed by atoms with Crippen LogP contribution in [-0.4, -0.2) is 36.0 Å². The number of ether oxygens (including phenoxy) is 1. The van der Waals surface area contributed by atoms with Gasteiger partial charge in [0.2, 0.25) is 5.91 Å². The number of amides is 2. The Labute approximate surface area is 168 Å². The average molecular weight is 403 g/mol. The molecule has 3 atom stereocenters. The third-order valence-corrected chi connectivity index (χ3v) is 6.21. The fourth-order valence-electron chi connectivity index (χ4n) is 3.35. The number of carbonyl (C=O) groups is 3. The molecule has 3 rings (SSSR count). The zero-order valence-corrected chi connectivity index (χ0v) is 17.4. The predicted octanol–water partition coefficient (Wildman–Crippen LogP) is 3.11. The molecular weight excluding hydrogens is 376 g/mol. The Morgan fingerprint density at radius 2 is 2.04 bits per heavy atom. The van der Waals surface area contributed by atoms with Crippen LogP contribution in [0.25, 0.3) is 10.1 Å². The van der Waals surface area contributed by atoms with Gasteiger partial charge in [-0.1, -0.05) is 39.0 Å². The number of nitrogens with one attached hydrogen (secondary N) is 2. The van der Waals surface area contributed by atoms with Crippen molar-refractivity contribution in [2.45, 2.75) is 45.9 Å². The van der Waals surface area contributed by atoms with Crippen LogP contribution in [0.5, 0.6) is 0 Å². The van der Waals surface area contributed by atoms with Gasteiger partial charge in [-0.25, -0.2) is 0 Å². The third kappa shape index (κ3) is 4.10. The lowest BCUT2D eigenvalue weighted by molar-refractivity contribution is -0.133. The molecule has 1 aliphatic heterocycles. The van der Waals surface area contributed by atoms with E-state index in [4.69, 9.17) is 4.74 Å². The van der Waals surface area contributed by atoms with Crippen molar-refractivity contribution in [2.75, 3.05) is 6.61 Å². The lowest BCUT2D eigenvalue weighted by Gasteiger charge is -2.31. The summed E-state index contributed by atoms with van der Waals surface area (Å²) in [6.07, 6.45) is 0.484. The molecule has 1 aromatic carbocycles. The second kappa shape index (κ2) is 8.01. The van der Waals surface area contributed by atoms with E-state index < -0.39 is 17.7 Å². The summed E-state index contributed by atoms with van der Waals surface area (Å²) in [6.45, 7) is 7.41. The normalized spacial score (nSPS) is 23.2. The van der Waals surface area contributed by atoms with E-state index >= 15 is 0 Å². The minimum atomic E-state index is -1.05. The molecule has 1 aromatic heterocycles. The molecule has 28 heavy (non-hydrogen) atoms.